The summed E-state index contributed by atoms with van der Waals surface area (Å²) in [5.41, 5.74) is 2.30. The molecule has 0 saturated carbocycles. The van der Waals surface area contributed by atoms with Crippen LogP contribution in [0, 0.1) is 6.92 Å². The first kappa shape index (κ1) is 23.0. The zero-order chi connectivity index (χ0) is 23.4. The van der Waals surface area contributed by atoms with Gasteiger partial charge in [-0.3, -0.25) is 4.79 Å². The molecule has 4 rings (SSSR count). The van der Waals surface area contributed by atoms with Crippen molar-refractivity contribution in [2.24, 2.45) is 0 Å². The van der Waals surface area contributed by atoms with Crippen molar-refractivity contribution in [1.29, 1.82) is 0 Å². The average molecular weight is 486 g/mol. The molecule has 1 aliphatic heterocycles. The molecule has 33 heavy (non-hydrogen) atoms. The Bertz CT molecular complexity index is 1160. The van der Waals surface area contributed by atoms with E-state index in [2.05, 4.69) is 20.8 Å². The Kier molecular flexibility index (Phi) is 7.10. The summed E-state index contributed by atoms with van der Waals surface area (Å²) in [5, 5.41) is 15.7. The molecular weight excluding hydrogens is 462 g/mol. The number of hydrogen-bond acceptors (Lipinski definition) is 6. The lowest BCUT2D eigenvalue weighted by Crippen LogP contribution is -2.40. The van der Waals surface area contributed by atoms with Gasteiger partial charge in [0.2, 0.25) is 5.01 Å². The molecule has 0 aliphatic carbocycles. The molecule has 0 unspecified atom stereocenters. The first-order valence-corrected chi connectivity index (χ1v) is 11.7. The maximum Gasteiger partial charge on any atom is 0.321 e. The van der Waals surface area contributed by atoms with Gasteiger partial charge in [0, 0.05) is 29.7 Å². The van der Waals surface area contributed by atoms with Crippen molar-refractivity contribution < 1.29 is 14.3 Å². The second-order valence-electron chi connectivity index (χ2n) is 7.81. The largest absolute Gasteiger partial charge is 0.495 e. The number of carbonyl (C=O) groups is 2. The summed E-state index contributed by atoms with van der Waals surface area (Å²) in [7, 11) is 1.58. The van der Waals surface area contributed by atoms with Gasteiger partial charge in [0.05, 0.1) is 12.8 Å². The number of anilines is 2. The van der Waals surface area contributed by atoms with E-state index in [9.17, 15) is 9.59 Å². The smallest absolute Gasteiger partial charge is 0.321 e. The molecule has 1 fully saturated rings. The van der Waals surface area contributed by atoms with Crippen molar-refractivity contribution in [2.75, 3.05) is 30.8 Å². The Morgan fingerprint density at radius 3 is 2.64 bits per heavy atom. The molecule has 10 heteroatoms. The quantitative estimate of drug-likeness (QED) is 0.519. The van der Waals surface area contributed by atoms with E-state index in [1.165, 1.54) is 11.3 Å². The molecule has 0 radical (unpaired) electrons. The van der Waals surface area contributed by atoms with Crippen molar-refractivity contribution in [1.82, 2.24) is 15.1 Å². The lowest BCUT2D eigenvalue weighted by atomic mass is 9.98. The van der Waals surface area contributed by atoms with Crippen LogP contribution in [0.4, 0.5) is 16.2 Å². The van der Waals surface area contributed by atoms with Crippen molar-refractivity contribution >= 4 is 46.3 Å². The lowest BCUT2D eigenvalue weighted by Gasteiger charge is -2.31. The third-order valence-electron chi connectivity index (χ3n) is 5.45. The highest BCUT2D eigenvalue weighted by Gasteiger charge is 2.27. The van der Waals surface area contributed by atoms with E-state index < -0.39 is 0 Å². The molecule has 1 aliphatic rings. The predicted molar refractivity (Wildman–Crippen MR) is 130 cm³/mol. The Labute approximate surface area is 200 Å². The molecule has 0 bridgehead atoms. The van der Waals surface area contributed by atoms with Crippen LogP contribution in [0.2, 0.25) is 5.02 Å². The zero-order valence-corrected chi connectivity index (χ0v) is 19.9. The van der Waals surface area contributed by atoms with Gasteiger partial charge in [0.1, 0.15) is 10.8 Å². The summed E-state index contributed by atoms with van der Waals surface area (Å²) in [6.07, 6.45) is 1.51. The van der Waals surface area contributed by atoms with E-state index >= 15 is 0 Å². The summed E-state index contributed by atoms with van der Waals surface area (Å²) in [6.45, 7) is 3.15. The van der Waals surface area contributed by atoms with Crippen molar-refractivity contribution in [2.45, 2.75) is 25.7 Å². The Morgan fingerprint density at radius 2 is 1.91 bits per heavy atom. The van der Waals surface area contributed by atoms with Gasteiger partial charge < -0.3 is 20.3 Å². The van der Waals surface area contributed by atoms with Gasteiger partial charge in [-0.15, -0.1) is 10.2 Å². The molecule has 0 spiro atoms. The van der Waals surface area contributed by atoms with Crippen molar-refractivity contribution in [3.8, 4) is 5.75 Å². The number of methoxy groups -OCH3 is 1. The maximum absolute atomic E-state index is 12.8. The van der Waals surface area contributed by atoms with Gasteiger partial charge in [-0.05, 0) is 55.7 Å². The maximum atomic E-state index is 12.8. The SMILES string of the molecule is COc1ccc(C)cc1NC(=O)N1CCC(c2nnc(C(=O)Nc3cccc(Cl)c3)s2)CC1. The van der Waals surface area contributed by atoms with Crippen LogP contribution >= 0.6 is 22.9 Å². The van der Waals surface area contributed by atoms with Crippen LogP contribution in [-0.4, -0.2) is 47.2 Å². The number of likely N-dealkylation sites (tertiary alicyclic amines) is 1. The fourth-order valence-corrected chi connectivity index (χ4v) is 4.78. The molecule has 0 atom stereocenters. The number of aryl methyl sites for hydroxylation is 1. The van der Waals surface area contributed by atoms with E-state index in [0.717, 1.165) is 23.4 Å². The Hall–Kier alpha value is -3.17. The summed E-state index contributed by atoms with van der Waals surface area (Å²) in [5.74, 6) is 0.471. The van der Waals surface area contributed by atoms with Crippen LogP contribution in [0.1, 0.15) is 39.1 Å². The molecule has 1 saturated heterocycles. The Morgan fingerprint density at radius 1 is 1.12 bits per heavy atom. The average Bonchev–Trinajstić information content (AvgIpc) is 3.30. The molecule has 2 aromatic carbocycles. The number of carbonyl (C=O) groups excluding carboxylic acids is 2. The Balaban J connectivity index is 1.33. The second-order valence-corrected chi connectivity index (χ2v) is 9.25. The number of ether oxygens (including phenoxy) is 1. The molecule has 3 amide bonds. The first-order chi connectivity index (χ1) is 15.9. The van der Waals surface area contributed by atoms with Crippen molar-refractivity contribution in [3.05, 3.63) is 63.1 Å². The zero-order valence-electron chi connectivity index (χ0n) is 18.3. The molecular formula is C23H24ClN5O3S. The fraction of sp³-hybridized carbons (Fsp3) is 0.304. The summed E-state index contributed by atoms with van der Waals surface area (Å²) in [4.78, 5) is 27.0. The summed E-state index contributed by atoms with van der Waals surface area (Å²) in [6, 6.07) is 12.5. The number of aromatic nitrogens is 2. The second kappa shape index (κ2) is 10.2. The number of hydrogen-bond donors (Lipinski definition) is 2. The van der Waals surface area contributed by atoms with Gasteiger partial charge in [-0.1, -0.05) is 35.1 Å². The highest BCUT2D eigenvalue weighted by molar-refractivity contribution is 7.13. The topological polar surface area (TPSA) is 96.4 Å². The van der Waals surface area contributed by atoms with Gasteiger partial charge in [-0.2, -0.15) is 0 Å². The van der Waals surface area contributed by atoms with Crippen LogP contribution < -0.4 is 15.4 Å². The van der Waals surface area contributed by atoms with E-state index in [-0.39, 0.29) is 17.9 Å². The highest BCUT2D eigenvalue weighted by atomic mass is 35.5. The molecule has 2 heterocycles. The number of rotatable bonds is 5. The monoisotopic (exact) mass is 485 g/mol. The number of amides is 3. The van der Waals surface area contributed by atoms with Crippen LogP contribution in [0.5, 0.6) is 5.75 Å². The molecule has 8 nitrogen and oxygen atoms in total. The third-order valence-corrected chi connectivity index (χ3v) is 6.76. The predicted octanol–water partition coefficient (Wildman–Crippen LogP) is 5.17. The van der Waals surface area contributed by atoms with Crippen LogP contribution in [-0.2, 0) is 0 Å². The van der Waals surface area contributed by atoms with Gasteiger partial charge in [0.15, 0.2) is 0 Å². The van der Waals surface area contributed by atoms with E-state index in [0.29, 0.717) is 40.2 Å². The summed E-state index contributed by atoms with van der Waals surface area (Å²) < 4.78 is 5.34. The van der Waals surface area contributed by atoms with E-state index in [1.54, 1.807) is 36.3 Å². The van der Waals surface area contributed by atoms with Crippen LogP contribution in [0.15, 0.2) is 42.5 Å². The molecule has 2 N–H and O–H groups in total. The first-order valence-electron chi connectivity index (χ1n) is 10.5. The minimum absolute atomic E-state index is 0.156. The lowest BCUT2D eigenvalue weighted by molar-refractivity contribution is 0.102. The number of benzene rings is 2. The normalized spacial score (nSPS) is 14.1. The van der Waals surface area contributed by atoms with Gasteiger partial charge >= 0.3 is 6.03 Å². The number of nitrogens with one attached hydrogen (secondary N) is 2. The van der Waals surface area contributed by atoms with Crippen LogP contribution in [0.25, 0.3) is 0 Å². The van der Waals surface area contributed by atoms with Gasteiger partial charge in [-0.25, -0.2) is 4.79 Å². The summed E-state index contributed by atoms with van der Waals surface area (Å²) >= 11 is 7.25. The highest BCUT2D eigenvalue weighted by Crippen LogP contribution is 2.31. The minimum atomic E-state index is -0.315. The molecule has 3 aromatic rings. The standard InChI is InChI=1S/C23H24ClN5O3S/c1-14-6-7-19(32-2)18(12-14)26-23(31)29-10-8-15(9-11-29)21-27-28-22(33-21)20(30)25-17-5-3-4-16(24)13-17/h3-7,12-13,15H,8-11H2,1-2H3,(H,25,30)(H,26,31). The molecule has 1 aromatic heterocycles. The third kappa shape index (κ3) is 5.61. The molecule has 172 valence electrons. The van der Waals surface area contributed by atoms with E-state index in [1.807, 2.05) is 25.1 Å². The van der Waals surface area contributed by atoms with Crippen molar-refractivity contribution in [3.63, 3.8) is 0 Å². The fourth-order valence-electron chi connectivity index (χ4n) is 3.69. The number of nitrogens with zero attached hydrogens (tertiary/aromatic N) is 3. The van der Waals surface area contributed by atoms with E-state index in [4.69, 9.17) is 16.3 Å². The van der Waals surface area contributed by atoms with Crippen LogP contribution in [0.3, 0.4) is 0 Å². The number of halogens is 1. The number of urea groups is 1. The number of piperidine rings is 1. The minimum Gasteiger partial charge on any atom is -0.495 e. The van der Waals surface area contributed by atoms with Gasteiger partial charge in [0.25, 0.3) is 5.91 Å².